The molecule has 13 heteroatoms. The van der Waals surface area contributed by atoms with Gasteiger partial charge in [0, 0.05) is 43.3 Å². The lowest BCUT2D eigenvalue weighted by Gasteiger charge is -2.26. The second kappa shape index (κ2) is 15.5. The second-order valence-electron chi connectivity index (χ2n) is 10.6. The first-order chi connectivity index (χ1) is 20.0. The minimum Gasteiger partial charge on any atom is -0.480 e. The fourth-order valence-electron chi connectivity index (χ4n) is 4.98. The van der Waals surface area contributed by atoms with Gasteiger partial charge < -0.3 is 26.0 Å². The Hall–Kier alpha value is -3.71. The van der Waals surface area contributed by atoms with Gasteiger partial charge in [-0.2, -0.15) is 11.8 Å². The molecule has 1 fully saturated rings. The van der Waals surface area contributed by atoms with Gasteiger partial charge in [-0.1, -0.05) is 19.1 Å². The molecular formula is C29H39N5O7S. The molecule has 1 unspecified atom stereocenters. The topological polar surface area (TPSA) is 165 Å². The molecule has 0 aliphatic carbocycles. The van der Waals surface area contributed by atoms with E-state index < -0.39 is 36.3 Å². The van der Waals surface area contributed by atoms with Crippen LogP contribution in [0, 0.1) is 5.92 Å². The Bertz CT molecular complexity index is 1250. The third-order valence-electron chi connectivity index (χ3n) is 7.29. The Morgan fingerprint density at radius 2 is 1.95 bits per heavy atom. The van der Waals surface area contributed by atoms with Crippen LogP contribution in [0.3, 0.4) is 0 Å². The van der Waals surface area contributed by atoms with Crippen LogP contribution in [0.15, 0.2) is 30.0 Å². The lowest BCUT2D eigenvalue weighted by atomic mass is 9.94. The molecule has 3 rings (SSSR count). The highest BCUT2D eigenvalue weighted by atomic mass is 32.2. The fourth-order valence-corrected chi connectivity index (χ4v) is 5.31. The van der Waals surface area contributed by atoms with Gasteiger partial charge in [-0.05, 0) is 62.3 Å². The quantitative estimate of drug-likeness (QED) is 0.138. The monoisotopic (exact) mass is 601 g/mol. The van der Waals surface area contributed by atoms with Crippen LogP contribution in [0.25, 0.3) is 0 Å². The molecule has 0 spiro atoms. The summed E-state index contributed by atoms with van der Waals surface area (Å²) >= 11 is 1.45. The first-order valence-corrected chi connectivity index (χ1v) is 15.4. The van der Waals surface area contributed by atoms with E-state index in [1.54, 1.807) is 19.1 Å². The Morgan fingerprint density at radius 3 is 2.62 bits per heavy atom. The molecule has 42 heavy (non-hydrogen) atoms. The summed E-state index contributed by atoms with van der Waals surface area (Å²) in [6, 6.07) is 4.32. The van der Waals surface area contributed by atoms with Crippen molar-refractivity contribution in [2.24, 2.45) is 5.92 Å². The molecule has 2 atom stereocenters. The highest BCUT2D eigenvalue weighted by Gasteiger charge is 2.35. The van der Waals surface area contributed by atoms with Gasteiger partial charge >= 0.3 is 5.97 Å². The van der Waals surface area contributed by atoms with Gasteiger partial charge in [0.2, 0.25) is 17.7 Å². The van der Waals surface area contributed by atoms with Crippen molar-refractivity contribution in [2.45, 2.75) is 51.6 Å². The minimum absolute atomic E-state index is 0.00258. The number of imide groups is 1. The van der Waals surface area contributed by atoms with Crippen molar-refractivity contribution in [3.05, 3.63) is 46.7 Å². The zero-order valence-electron chi connectivity index (χ0n) is 24.2. The van der Waals surface area contributed by atoms with Crippen molar-refractivity contribution in [1.29, 1.82) is 0 Å². The normalized spacial score (nSPS) is 17.9. The fraction of sp³-hybridized carbons (Fsp3) is 0.517. The molecule has 1 aromatic rings. The highest BCUT2D eigenvalue weighted by Crippen LogP contribution is 2.22. The number of carbonyl (C=O) groups excluding carboxylic acids is 5. The number of unbranched alkanes of at least 4 members (excludes halogenated alkanes) is 1. The van der Waals surface area contributed by atoms with Gasteiger partial charge in [0.15, 0.2) is 0 Å². The van der Waals surface area contributed by atoms with E-state index in [2.05, 4.69) is 20.9 Å². The van der Waals surface area contributed by atoms with Gasteiger partial charge in [0.1, 0.15) is 11.7 Å². The van der Waals surface area contributed by atoms with Gasteiger partial charge in [0.25, 0.3) is 11.8 Å². The van der Waals surface area contributed by atoms with Crippen LogP contribution >= 0.6 is 11.8 Å². The summed E-state index contributed by atoms with van der Waals surface area (Å²) in [7, 11) is 2.01. The molecule has 5 amide bonds. The number of likely N-dealkylation sites (N-methyl/N-ethyl adjacent to an activating group) is 1. The SMILES string of the molecule is CSC/C=C(\NC(=O)c1cccc2c1CCN(C)C2)C(=O)NCC(=O)N[C@@H](CCCCN1C(=O)CC(C)C1=O)C(=O)O. The van der Waals surface area contributed by atoms with Crippen LogP contribution in [0.2, 0.25) is 0 Å². The molecule has 1 aromatic carbocycles. The third kappa shape index (κ3) is 8.89. The van der Waals surface area contributed by atoms with Crippen LogP contribution in [-0.2, 0) is 36.9 Å². The van der Waals surface area contributed by atoms with Crippen LogP contribution < -0.4 is 16.0 Å². The van der Waals surface area contributed by atoms with Gasteiger partial charge in [-0.25, -0.2) is 4.79 Å². The largest absolute Gasteiger partial charge is 0.480 e. The number of nitrogens with one attached hydrogen (secondary N) is 3. The van der Waals surface area contributed by atoms with Gasteiger partial charge in [-0.3, -0.25) is 28.9 Å². The van der Waals surface area contributed by atoms with Crippen LogP contribution in [0.1, 0.15) is 54.1 Å². The summed E-state index contributed by atoms with van der Waals surface area (Å²) in [6.45, 7) is 2.96. The summed E-state index contributed by atoms with van der Waals surface area (Å²) in [6.07, 6.45) is 5.17. The standard InChI is InChI=1S/C29H39N5O7S/c1-18-15-25(36)34(28(18)39)12-5-4-9-23(29(40)41)31-24(35)16-30-27(38)22(11-14-42-3)32-26(37)21-8-6-7-19-17-33(2)13-10-20(19)21/h6-8,11,18,23H,4-5,9-10,12-17H2,1-3H3,(H,30,38)(H,31,35)(H,32,37)(H,40,41)/b22-11-/t18?,23-/m0/s1. The number of fused-ring (bicyclic) bond motifs is 1. The number of benzene rings is 1. The van der Waals surface area contributed by atoms with Crippen LogP contribution in [-0.4, -0.2) is 95.1 Å². The molecule has 2 heterocycles. The van der Waals surface area contributed by atoms with Crippen molar-refractivity contribution in [3.63, 3.8) is 0 Å². The average Bonchev–Trinajstić information content (AvgIpc) is 3.20. The van der Waals surface area contributed by atoms with Crippen molar-refractivity contribution in [2.75, 3.05) is 38.7 Å². The number of carboxylic acids is 1. The maximum Gasteiger partial charge on any atom is 0.326 e. The first-order valence-electron chi connectivity index (χ1n) is 14.0. The summed E-state index contributed by atoms with van der Waals surface area (Å²) in [5.41, 5.74) is 2.51. The van der Waals surface area contributed by atoms with E-state index in [-0.39, 0.29) is 42.8 Å². The smallest absolute Gasteiger partial charge is 0.326 e. The second-order valence-corrected chi connectivity index (χ2v) is 11.5. The zero-order valence-corrected chi connectivity index (χ0v) is 25.1. The Balaban J connectivity index is 1.51. The number of rotatable bonds is 14. The molecule has 0 radical (unpaired) electrons. The summed E-state index contributed by atoms with van der Waals surface area (Å²) in [4.78, 5) is 77.5. The maximum atomic E-state index is 13.2. The predicted molar refractivity (Wildman–Crippen MR) is 157 cm³/mol. The zero-order chi connectivity index (χ0) is 30.8. The summed E-state index contributed by atoms with van der Waals surface area (Å²) in [5.74, 6) is -3.37. The minimum atomic E-state index is -1.23. The van der Waals surface area contributed by atoms with E-state index in [1.807, 2.05) is 25.4 Å². The van der Waals surface area contributed by atoms with E-state index in [4.69, 9.17) is 0 Å². The van der Waals surface area contributed by atoms with Crippen molar-refractivity contribution in [1.82, 2.24) is 25.8 Å². The number of carbonyl (C=O) groups is 6. The molecule has 4 N–H and O–H groups in total. The van der Waals surface area contributed by atoms with E-state index in [1.165, 1.54) is 16.7 Å². The number of amides is 5. The summed E-state index contributed by atoms with van der Waals surface area (Å²) in [5, 5.41) is 17.1. The molecule has 228 valence electrons. The molecule has 2 aliphatic rings. The highest BCUT2D eigenvalue weighted by molar-refractivity contribution is 7.98. The maximum absolute atomic E-state index is 13.2. The third-order valence-corrected chi connectivity index (χ3v) is 7.79. The molecule has 1 saturated heterocycles. The number of hydrogen-bond acceptors (Lipinski definition) is 8. The lowest BCUT2D eigenvalue weighted by Crippen LogP contribution is -2.46. The van der Waals surface area contributed by atoms with Crippen molar-refractivity contribution in [3.8, 4) is 0 Å². The average molecular weight is 602 g/mol. The van der Waals surface area contributed by atoms with E-state index >= 15 is 0 Å². The van der Waals surface area contributed by atoms with Gasteiger partial charge in [0.05, 0.1) is 6.54 Å². The number of aliphatic carboxylic acids is 1. The summed E-state index contributed by atoms with van der Waals surface area (Å²) < 4.78 is 0. The Kier molecular flexibility index (Phi) is 12.1. The number of thioether (sulfide) groups is 1. The predicted octanol–water partition coefficient (Wildman–Crippen LogP) is 0.902. The Morgan fingerprint density at radius 1 is 1.19 bits per heavy atom. The van der Waals surface area contributed by atoms with Crippen LogP contribution in [0.4, 0.5) is 0 Å². The van der Waals surface area contributed by atoms with E-state index in [0.717, 1.165) is 24.2 Å². The van der Waals surface area contributed by atoms with Crippen molar-refractivity contribution >= 4 is 47.3 Å². The van der Waals surface area contributed by atoms with Crippen LogP contribution in [0.5, 0.6) is 0 Å². The molecule has 0 saturated carbocycles. The van der Waals surface area contributed by atoms with E-state index in [9.17, 15) is 33.9 Å². The number of nitrogens with zero attached hydrogens (tertiary/aromatic N) is 2. The molecule has 12 nitrogen and oxygen atoms in total. The van der Waals surface area contributed by atoms with E-state index in [0.29, 0.717) is 30.6 Å². The van der Waals surface area contributed by atoms with Gasteiger partial charge in [-0.15, -0.1) is 0 Å². The number of carboxylic acid groups (broad SMARTS) is 1. The molecule has 0 aromatic heterocycles. The molecular weight excluding hydrogens is 562 g/mol. The number of hydrogen-bond donors (Lipinski definition) is 4. The Labute approximate surface area is 249 Å². The molecule has 0 bridgehead atoms. The number of likely N-dealkylation sites (tertiary alicyclic amines) is 1. The molecule has 2 aliphatic heterocycles. The lowest BCUT2D eigenvalue weighted by molar-refractivity contribution is -0.142. The van der Waals surface area contributed by atoms with Crippen molar-refractivity contribution < 1.29 is 33.9 Å². The first kappa shape index (κ1) is 32.8.